The molecule has 1 unspecified atom stereocenters. The maximum atomic E-state index is 13.7. The van der Waals surface area contributed by atoms with Gasteiger partial charge in [-0.05, 0) is 25.1 Å². The van der Waals surface area contributed by atoms with Crippen molar-refractivity contribution in [3.05, 3.63) is 29.6 Å². The second kappa shape index (κ2) is 4.80. The fraction of sp³-hybridized carbons (Fsp3) is 0.500. The fourth-order valence-corrected chi connectivity index (χ4v) is 2.15. The smallest absolute Gasteiger partial charge is 0.128 e. The number of piperazine rings is 1. The average Bonchev–Trinajstić information content (AvgIpc) is 2.32. The van der Waals surface area contributed by atoms with Crippen LogP contribution in [0.5, 0.6) is 0 Å². The lowest BCUT2D eigenvalue weighted by Gasteiger charge is -2.33. The van der Waals surface area contributed by atoms with Gasteiger partial charge in [-0.2, -0.15) is 0 Å². The van der Waals surface area contributed by atoms with E-state index in [0.717, 1.165) is 26.2 Å². The summed E-state index contributed by atoms with van der Waals surface area (Å²) in [6, 6.07) is 4.87. The van der Waals surface area contributed by atoms with E-state index in [4.69, 9.17) is 5.73 Å². The quantitative estimate of drug-likeness (QED) is 0.744. The van der Waals surface area contributed by atoms with E-state index in [1.165, 1.54) is 6.07 Å². The lowest BCUT2D eigenvalue weighted by Crippen LogP contribution is -2.44. The molecule has 0 saturated carbocycles. The van der Waals surface area contributed by atoms with Crippen molar-refractivity contribution in [1.82, 2.24) is 10.2 Å². The molecule has 3 N–H and O–H groups in total. The zero-order valence-corrected chi connectivity index (χ0v) is 9.54. The number of hydrogen-bond donors (Lipinski definition) is 2. The zero-order valence-electron chi connectivity index (χ0n) is 9.54. The van der Waals surface area contributed by atoms with Crippen LogP contribution in [0.1, 0.15) is 18.5 Å². The first-order chi connectivity index (χ1) is 7.68. The number of anilines is 1. The number of halogens is 1. The van der Waals surface area contributed by atoms with Crippen molar-refractivity contribution in [2.45, 2.75) is 13.0 Å². The standard InChI is InChI=1S/C12H18FN3/c1-9(16-6-4-15-5-7-16)11-8-10(14)2-3-12(11)13/h2-3,8-9,15H,4-7,14H2,1H3. The third-order valence-corrected chi connectivity index (χ3v) is 3.17. The lowest BCUT2D eigenvalue weighted by atomic mass is 10.0. The van der Waals surface area contributed by atoms with Crippen molar-refractivity contribution in [1.29, 1.82) is 0 Å². The van der Waals surface area contributed by atoms with Gasteiger partial charge in [0, 0.05) is 43.5 Å². The summed E-state index contributed by atoms with van der Waals surface area (Å²) in [4.78, 5) is 2.27. The van der Waals surface area contributed by atoms with Crippen molar-refractivity contribution in [3.8, 4) is 0 Å². The Morgan fingerprint density at radius 1 is 1.38 bits per heavy atom. The summed E-state index contributed by atoms with van der Waals surface area (Å²) in [5.74, 6) is -0.166. The zero-order chi connectivity index (χ0) is 11.5. The number of nitrogen functional groups attached to an aromatic ring is 1. The van der Waals surface area contributed by atoms with E-state index in [9.17, 15) is 4.39 Å². The third-order valence-electron chi connectivity index (χ3n) is 3.17. The number of nitrogens with one attached hydrogen (secondary N) is 1. The summed E-state index contributed by atoms with van der Waals surface area (Å²) in [5.41, 5.74) is 7.02. The fourth-order valence-electron chi connectivity index (χ4n) is 2.15. The Hall–Kier alpha value is -1.13. The van der Waals surface area contributed by atoms with E-state index < -0.39 is 0 Å². The average molecular weight is 223 g/mol. The molecule has 1 atom stereocenters. The number of nitrogens with two attached hydrogens (primary N) is 1. The first kappa shape index (κ1) is 11.4. The van der Waals surface area contributed by atoms with Crippen LogP contribution < -0.4 is 11.1 Å². The number of benzene rings is 1. The highest BCUT2D eigenvalue weighted by atomic mass is 19.1. The molecule has 0 radical (unpaired) electrons. The van der Waals surface area contributed by atoms with Gasteiger partial charge in [0.15, 0.2) is 0 Å². The molecule has 1 fully saturated rings. The Morgan fingerprint density at radius 3 is 2.75 bits per heavy atom. The van der Waals surface area contributed by atoms with Gasteiger partial charge in [0.1, 0.15) is 5.82 Å². The van der Waals surface area contributed by atoms with Crippen molar-refractivity contribution in [3.63, 3.8) is 0 Å². The predicted octanol–water partition coefficient (Wildman–Crippen LogP) is 1.37. The molecule has 0 aromatic heterocycles. The largest absolute Gasteiger partial charge is 0.399 e. The van der Waals surface area contributed by atoms with Crippen LogP contribution >= 0.6 is 0 Å². The van der Waals surface area contributed by atoms with Crippen molar-refractivity contribution < 1.29 is 4.39 Å². The molecular formula is C12H18FN3. The SMILES string of the molecule is CC(c1cc(N)ccc1F)N1CCNCC1. The Morgan fingerprint density at radius 2 is 2.06 bits per heavy atom. The summed E-state index contributed by atoms with van der Waals surface area (Å²) in [7, 11) is 0. The molecule has 1 heterocycles. The van der Waals surface area contributed by atoms with Crippen LogP contribution in [0.15, 0.2) is 18.2 Å². The molecule has 88 valence electrons. The van der Waals surface area contributed by atoms with E-state index >= 15 is 0 Å². The van der Waals surface area contributed by atoms with Gasteiger partial charge < -0.3 is 11.1 Å². The molecule has 2 rings (SSSR count). The van der Waals surface area contributed by atoms with Crippen molar-refractivity contribution >= 4 is 5.69 Å². The van der Waals surface area contributed by atoms with Gasteiger partial charge in [-0.25, -0.2) is 4.39 Å². The molecule has 4 heteroatoms. The second-order valence-electron chi connectivity index (χ2n) is 4.24. The van der Waals surface area contributed by atoms with Crippen LogP contribution in [0.25, 0.3) is 0 Å². The van der Waals surface area contributed by atoms with Gasteiger partial charge in [-0.3, -0.25) is 4.90 Å². The minimum atomic E-state index is -0.166. The van der Waals surface area contributed by atoms with Crippen LogP contribution in [-0.2, 0) is 0 Å². The number of rotatable bonds is 2. The van der Waals surface area contributed by atoms with Gasteiger partial charge in [0.05, 0.1) is 0 Å². The molecule has 0 aliphatic carbocycles. The van der Waals surface area contributed by atoms with Gasteiger partial charge >= 0.3 is 0 Å². The molecule has 1 aromatic carbocycles. The number of hydrogen-bond acceptors (Lipinski definition) is 3. The summed E-state index contributed by atoms with van der Waals surface area (Å²) in [5, 5.41) is 3.29. The minimum absolute atomic E-state index is 0.0885. The van der Waals surface area contributed by atoms with E-state index in [1.807, 2.05) is 6.92 Å². The molecule has 1 aliphatic rings. The molecule has 3 nitrogen and oxygen atoms in total. The topological polar surface area (TPSA) is 41.3 Å². The Bertz CT molecular complexity index is 361. The lowest BCUT2D eigenvalue weighted by molar-refractivity contribution is 0.182. The minimum Gasteiger partial charge on any atom is -0.399 e. The highest BCUT2D eigenvalue weighted by Gasteiger charge is 2.20. The molecule has 1 aliphatic heterocycles. The molecule has 0 bridgehead atoms. The molecule has 0 amide bonds. The molecule has 16 heavy (non-hydrogen) atoms. The van der Waals surface area contributed by atoms with Crippen LogP contribution in [0.4, 0.5) is 10.1 Å². The molecule has 1 saturated heterocycles. The Labute approximate surface area is 95.4 Å². The molecular weight excluding hydrogens is 205 g/mol. The van der Waals surface area contributed by atoms with Crippen LogP contribution in [0, 0.1) is 5.82 Å². The maximum Gasteiger partial charge on any atom is 0.128 e. The first-order valence-electron chi connectivity index (χ1n) is 5.68. The van der Waals surface area contributed by atoms with E-state index in [2.05, 4.69) is 10.2 Å². The Kier molecular flexibility index (Phi) is 3.41. The van der Waals surface area contributed by atoms with Gasteiger partial charge in [0.25, 0.3) is 0 Å². The highest BCUT2D eigenvalue weighted by molar-refractivity contribution is 5.42. The number of nitrogens with zero attached hydrogens (tertiary/aromatic N) is 1. The maximum absolute atomic E-state index is 13.7. The van der Waals surface area contributed by atoms with Crippen LogP contribution in [0.3, 0.4) is 0 Å². The van der Waals surface area contributed by atoms with Crippen LogP contribution in [0.2, 0.25) is 0 Å². The van der Waals surface area contributed by atoms with Gasteiger partial charge in [0.2, 0.25) is 0 Å². The second-order valence-corrected chi connectivity index (χ2v) is 4.24. The van der Waals surface area contributed by atoms with Crippen molar-refractivity contribution in [2.24, 2.45) is 0 Å². The molecule has 1 aromatic rings. The summed E-state index contributed by atoms with van der Waals surface area (Å²) in [6.45, 7) is 5.87. The Balaban J connectivity index is 2.18. The third kappa shape index (κ3) is 2.33. The van der Waals surface area contributed by atoms with E-state index in [0.29, 0.717) is 11.3 Å². The normalized spacial score (nSPS) is 19.6. The summed E-state index contributed by atoms with van der Waals surface area (Å²) in [6.07, 6.45) is 0. The van der Waals surface area contributed by atoms with E-state index in [1.54, 1.807) is 12.1 Å². The summed E-state index contributed by atoms with van der Waals surface area (Å²) < 4.78 is 13.7. The van der Waals surface area contributed by atoms with Crippen molar-refractivity contribution in [2.75, 3.05) is 31.9 Å². The predicted molar refractivity (Wildman–Crippen MR) is 63.7 cm³/mol. The van der Waals surface area contributed by atoms with Gasteiger partial charge in [-0.15, -0.1) is 0 Å². The van der Waals surface area contributed by atoms with Gasteiger partial charge in [-0.1, -0.05) is 0 Å². The summed E-state index contributed by atoms with van der Waals surface area (Å²) >= 11 is 0. The van der Waals surface area contributed by atoms with Crippen LogP contribution in [-0.4, -0.2) is 31.1 Å². The molecule has 0 spiro atoms. The highest BCUT2D eigenvalue weighted by Crippen LogP contribution is 2.24. The first-order valence-corrected chi connectivity index (χ1v) is 5.68. The van der Waals surface area contributed by atoms with E-state index in [-0.39, 0.29) is 11.9 Å². The monoisotopic (exact) mass is 223 g/mol.